The number of rotatable bonds is 3. The third kappa shape index (κ3) is 2.03. The van der Waals surface area contributed by atoms with Crippen LogP contribution in [-0.2, 0) is 6.42 Å². The molecule has 2 heterocycles. The second kappa shape index (κ2) is 5.09. The van der Waals surface area contributed by atoms with Gasteiger partial charge in [0, 0.05) is 17.8 Å². The van der Waals surface area contributed by atoms with Gasteiger partial charge in [0.1, 0.15) is 0 Å². The minimum atomic E-state index is 0.0546. The molecule has 2 atom stereocenters. The van der Waals surface area contributed by atoms with E-state index in [-0.39, 0.29) is 6.04 Å². The first-order valence-corrected chi connectivity index (χ1v) is 6.84. The van der Waals surface area contributed by atoms with Gasteiger partial charge in [-0.05, 0) is 42.4 Å². The summed E-state index contributed by atoms with van der Waals surface area (Å²) in [5.74, 6) is 6.03. The van der Waals surface area contributed by atoms with Gasteiger partial charge in [-0.1, -0.05) is 10.6 Å². The number of hydrazine groups is 1. The minimum absolute atomic E-state index is 0.0546. The van der Waals surface area contributed by atoms with Gasteiger partial charge < -0.3 is 0 Å². The predicted molar refractivity (Wildman–Crippen MR) is 69.9 cm³/mol. The average molecular weight is 261 g/mol. The van der Waals surface area contributed by atoms with Crippen LogP contribution in [0.15, 0.2) is 24.5 Å². The molecule has 3 N–H and O–H groups in total. The number of aryl methyl sites for hydroxylation is 1. The van der Waals surface area contributed by atoms with E-state index in [0.29, 0.717) is 5.92 Å². The molecule has 94 valence electrons. The molecule has 2 unspecified atom stereocenters. The maximum absolute atomic E-state index is 5.73. The first-order valence-electron chi connectivity index (χ1n) is 6.07. The van der Waals surface area contributed by atoms with E-state index >= 15 is 0 Å². The second-order valence-corrected chi connectivity index (χ2v) is 5.33. The van der Waals surface area contributed by atoms with Gasteiger partial charge >= 0.3 is 0 Å². The van der Waals surface area contributed by atoms with E-state index in [4.69, 9.17) is 5.84 Å². The van der Waals surface area contributed by atoms with E-state index in [1.54, 1.807) is 6.20 Å². The number of nitrogens with zero attached hydrogens (tertiary/aromatic N) is 3. The van der Waals surface area contributed by atoms with Crippen LogP contribution in [0.3, 0.4) is 0 Å². The summed E-state index contributed by atoms with van der Waals surface area (Å²) in [6.45, 7) is 0. The van der Waals surface area contributed by atoms with E-state index in [1.807, 2.05) is 12.3 Å². The zero-order valence-corrected chi connectivity index (χ0v) is 10.7. The molecule has 0 aromatic carbocycles. The molecule has 6 heteroatoms. The predicted octanol–water partition coefficient (Wildman–Crippen LogP) is 1.56. The zero-order valence-electron chi connectivity index (χ0n) is 9.91. The summed E-state index contributed by atoms with van der Waals surface area (Å²) in [6, 6.07) is 4.21. The molecule has 0 bridgehead atoms. The quantitative estimate of drug-likeness (QED) is 0.647. The fourth-order valence-electron chi connectivity index (χ4n) is 2.68. The smallest absolute Gasteiger partial charge is 0.0670 e. The number of hydrogen-bond acceptors (Lipinski definition) is 6. The van der Waals surface area contributed by atoms with Gasteiger partial charge in [-0.25, -0.2) is 0 Å². The Morgan fingerprint density at radius 2 is 2.44 bits per heavy atom. The van der Waals surface area contributed by atoms with Gasteiger partial charge in [0.15, 0.2) is 0 Å². The summed E-state index contributed by atoms with van der Waals surface area (Å²) in [4.78, 5) is 5.62. The highest BCUT2D eigenvalue weighted by atomic mass is 32.1. The lowest BCUT2D eigenvalue weighted by molar-refractivity contribution is 0.404. The van der Waals surface area contributed by atoms with Crippen LogP contribution < -0.4 is 11.3 Å². The molecule has 0 fully saturated rings. The summed E-state index contributed by atoms with van der Waals surface area (Å²) in [5, 5.41) is 3.89. The van der Waals surface area contributed by atoms with Crippen LogP contribution in [0.4, 0.5) is 0 Å². The van der Waals surface area contributed by atoms with E-state index in [2.05, 4.69) is 26.1 Å². The Morgan fingerprint density at radius 3 is 3.22 bits per heavy atom. The largest absolute Gasteiger partial charge is 0.271 e. The standard InChI is InChI=1S/C12H15N5S/c13-16-12(10-7-15-17-18-10)9-5-1-3-8-4-2-6-14-11(8)9/h2,4,6-7,9,12,16H,1,3,5,13H2. The Balaban J connectivity index is 1.97. The third-order valence-electron chi connectivity index (χ3n) is 3.51. The van der Waals surface area contributed by atoms with Gasteiger partial charge in [-0.15, -0.1) is 5.10 Å². The molecule has 18 heavy (non-hydrogen) atoms. The second-order valence-electron chi connectivity index (χ2n) is 4.51. The van der Waals surface area contributed by atoms with Crippen LogP contribution >= 0.6 is 11.5 Å². The molecular weight excluding hydrogens is 246 g/mol. The summed E-state index contributed by atoms with van der Waals surface area (Å²) < 4.78 is 3.92. The molecule has 0 saturated heterocycles. The lowest BCUT2D eigenvalue weighted by Gasteiger charge is -2.29. The number of hydrogen-bond donors (Lipinski definition) is 2. The van der Waals surface area contributed by atoms with Crippen LogP contribution in [0, 0.1) is 0 Å². The zero-order chi connectivity index (χ0) is 12.4. The molecule has 5 nitrogen and oxygen atoms in total. The summed E-state index contributed by atoms with van der Waals surface area (Å²) >= 11 is 1.39. The van der Waals surface area contributed by atoms with E-state index in [1.165, 1.54) is 29.2 Å². The van der Waals surface area contributed by atoms with E-state index in [0.717, 1.165) is 17.7 Å². The van der Waals surface area contributed by atoms with E-state index < -0.39 is 0 Å². The van der Waals surface area contributed by atoms with Crippen LogP contribution in [0.25, 0.3) is 0 Å². The maximum atomic E-state index is 5.73. The molecule has 1 aliphatic carbocycles. The molecular formula is C12H15N5S. The van der Waals surface area contributed by atoms with Crippen molar-refractivity contribution in [3.8, 4) is 0 Å². The van der Waals surface area contributed by atoms with Gasteiger partial charge in [-0.2, -0.15) is 0 Å². The number of fused-ring (bicyclic) bond motifs is 1. The monoisotopic (exact) mass is 261 g/mol. The Kier molecular flexibility index (Phi) is 3.31. The summed E-state index contributed by atoms with van der Waals surface area (Å²) in [5.41, 5.74) is 5.41. The molecule has 3 rings (SSSR count). The average Bonchev–Trinajstić information content (AvgIpc) is 2.94. The molecule has 0 radical (unpaired) electrons. The molecule has 0 spiro atoms. The number of aromatic nitrogens is 3. The number of pyridine rings is 1. The molecule has 2 aromatic rings. The van der Waals surface area contributed by atoms with Crippen LogP contribution in [0.2, 0.25) is 0 Å². The van der Waals surface area contributed by atoms with Crippen molar-refractivity contribution in [2.24, 2.45) is 5.84 Å². The molecule has 1 aliphatic rings. The summed E-state index contributed by atoms with van der Waals surface area (Å²) in [6.07, 6.45) is 7.02. The third-order valence-corrected chi connectivity index (χ3v) is 4.25. The summed E-state index contributed by atoms with van der Waals surface area (Å²) in [7, 11) is 0. The number of nitrogens with one attached hydrogen (secondary N) is 1. The normalized spacial score (nSPS) is 20.4. The topological polar surface area (TPSA) is 76.7 Å². The Bertz CT molecular complexity index is 513. The molecule has 2 aromatic heterocycles. The first kappa shape index (κ1) is 11.7. The fourth-order valence-corrected chi connectivity index (χ4v) is 3.31. The minimum Gasteiger partial charge on any atom is -0.271 e. The van der Waals surface area contributed by atoms with Crippen LogP contribution in [-0.4, -0.2) is 14.6 Å². The van der Waals surface area contributed by atoms with Gasteiger partial charge in [-0.3, -0.25) is 16.3 Å². The lowest BCUT2D eigenvalue weighted by atomic mass is 9.82. The van der Waals surface area contributed by atoms with Gasteiger partial charge in [0.05, 0.1) is 17.1 Å². The highest BCUT2D eigenvalue weighted by Gasteiger charge is 2.30. The maximum Gasteiger partial charge on any atom is 0.0670 e. The molecule has 0 saturated carbocycles. The van der Waals surface area contributed by atoms with Crippen LogP contribution in [0.1, 0.15) is 40.9 Å². The number of nitrogens with two attached hydrogens (primary N) is 1. The van der Waals surface area contributed by atoms with Crippen molar-refractivity contribution in [1.82, 2.24) is 20.0 Å². The van der Waals surface area contributed by atoms with Crippen molar-refractivity contribution in [3.63, 3.8) is 0 Å². The Morgan fingerprint density at radius 1 is 1.50 bits per heavy atom. The Labute approximate surface area is 110 Å². The van der Waals surface area contributed by atoms with Crippen molar-refractivity contribution in [1.29, 1.82) is 0 Å². The van der Waals surface area contributed by atoms with E-state index in [9.17, 15) is 0 Å². The van der Waals surface area contributed by atoms with Crippen LogP contribution in [0.5, 0.6) is 0 Å². The molecule has 0 amide bonds. The highest BCUT2D eigenvalue weighted by Crippen LogP contribution is 2.39. The van der Waals surface area contributed by atoms with Crippen molar-refractivity contribution >= 4 is 11.5 Å². The fraction of sp³-hybridized carbons (Fsp3) is 0.417. The van der Waals surface area contributed by atoms with Crippen molar-refractivity contribution in [2.45, 2.75) is 31.2 Å². The highest BCUT2D eigenvalue weighted by molar-refractivity contribution is 7.05. The van der Waals surface area contributed by atoms with Gasteiger partial charge in [0.2, 0.25) is 0 Å². The van der Waals surface area contributed by atoms with Gasteiger partial charge in [0.25, 0.3) is 0 Å². The SMILES string of the molecule is NNC(c1cnns1)C1CCCc2cccnc21. The van der Waals surface area contributed by atoms with Crippen molar-refractivity contribution in [2.75, 3.05) is 0 Å². The Hall–Kier alpha value is -1.37. The first-order chi connectivity index (χ1) is 8.90. The van der Waals surface area contributed by atoms with Crippen molar-refractivity contribution in [3.05, 3.63) is 40.7 Å². The molecule has 0 aliphatic heterocycles. The van der Waals surface area contributed by atoms with Crippen molar-refractivity contribution < 1.29 is 0 Å². The lowest BCUT2D eigenvalue weighted by Crippen LogP contribution is -2.34.